The number of carbonyl (C=O) groups excluding carboxylic acids is 1. The Kier molecular flexibility index (Phi) is 10.8. The van der Waals surface area contributed by atoms with E-state index in [1.165, 1.54) is 0 Å². The Morgan fingerprint density at radius 3 is 2.59 bits per heavy atom. The predicted molar refractivity (Wildman–Crippen MR) is 118 cm³/mol. The highest BCUT2D eigenvalue weighted by molar-refractivity contribution is 14.0. The number of halogens is 1. The Hall–Kier alpha value is -1.29. The zero-order chi connectivity index (χ0) is 18.8. The first-order valence-electron chi connectivity index (χ1n) is 9.33. The van der Waals surface area contributed by atoms with Gasteiger partial charge in [0, 0.05) is 40.7 Å². The number of ether oxygens (including phenoxy) is 1. The summed E-state index contributed by atoms with van der Waals surface area (Å²) in [5.74, 6) is 1.83. The topological polar surface area (TPSA) is 79.1 Å². The summed E-state index contributed by atoms with van der Waals surface area (Å²) in [5, 5.41) is 6.59. The SMILES string of the molecule is COCCNC(=NCC1(C(=O)N(C)C)CCCC1)NCCc1ccco1.I. The van der Waals surface area contributed by atoms with Gasteiger partial charge in [-0.2, -0.15) is 0 Å². The van der Waals surface area contributed by atoms with Crippen LogP contribution in [0.5, 0.6) is 0 Å². The Morgan fingerprint density at radius 2 is 2.00 bits per heavy atom. The first-order valence-corrected chi connectivity index (χ1v) is 9.33. The van der Waals surface area contributed by atoms with Crippen molar-refractivity contribution >= 4 is 35.8 Å². The van der Waals surface area contributed by atoms with Crippen molar-refractivity contribution in [1.82, 2.24) is 15.5 Å². The fourth-order valence-electron chi connectivity index (χ4n) is 3.40. The van der Waals surface area contributed by atoms with Crippen molar-refractivity contribution in [2.75, 3.05) is 47.4 Å². The van der Waals surface area contributed by atoms with Crippen LogP contribution in [0.25, 0.3) is 0 Å². The average molecular weight is 492 g/mol. The van der Waals surface area contributed by atoms with Crippen LogP contribution in [-0.4, -0.2) is 64.2 Å². The highest BCUT2D eigenvalue weighted by atomic mass is 127. The molecule has 1 heterocycles. The minimum atomic E-state index is -0.361. The van der Waals surface area contributed by atoms with Gasteiger partial charge in [-0.15, -0.1) is 24.0 Å². The van der Waals surface area contributed by atoms with Crippen molar-refractivity contribution in [2.45, 2.75) is 32.1 Å². The van der Waals surface area contributed by atoms with Gasteiger partial charge in [0.25, 0.3) is 0 Å². The van der Waals surface area contributed by atoms with E-state index < -0.39 is 0 Å². The number of furan rings is 1. The number of nitrogens with one attached hydrogen (secondary N) is 2. The fraction of sp³-hybridized carbons (Fsp3) is 0.684. The Bertz CT molecular complexity index is 570. The molecule has 27 heavy (non-hydrogen) atoms. The quantitative estimate of drug-likeness (QED) is 0.239. The van der Waals surface area contributed by atoms with Gasteiger partial charge in [0.2, 0.25) is 5.91 Å². The lowest BCUT2D eigenvalue weighted by atomic mass is 9.85. The molecule has 0 bridgehead atoms. The van der Waals surface area contributed by atoms with Crippen molar-refractivity contribution in [2.24, 2.45) is 10.4 Å². The highest BCUT2D eigenvalue weighted by Crippen LogP contribution is 2.39. The van der Waals surface area contributed by atoms with Gasteiger partial charge in [0.1, 0.15) is 5.76 Å². The summed E-state index contributed by atoms with van der Waals surface area (Å²) < 4.78 is 10.5. The summed E-state index contributed by atoms with van der Waals surface area (Å²) in [6, 6.07) is 3.85. The van der Waals surface area contributed by atoms with E-state index in [9.17, 15) is 4.79 Å². The number of methoxy groups -OCH3 is 1. The molecule has 0 atom stereocenters. The normalized spacial score (nSPS) is 15.9. The zero-order valence-corrected chi connectivity index (χ0v) is 19.0. The number of hydrogen-bond acceptors (Lipinski definition) is 4. The van der Waals surface area contributed by atoms with Crippen molar-refractivity contribution < 1.29 is 13.9 Å². The molecule has 1 amide bonds. The van der Waals surface area contributed by atoms with Gasteiger partial charge in [-0.05, 0) is 25.0 Å². The number of aliphatic imine (C=N–C) groups is 1. The molecule has 2 N–H and O–H groups in total. The van der Waals surface area contributed by atoms with Crippen LogP contribution in [0.2, 0.25) is 0 Å². The van der Waals surface area contributed by atoms with Gasteiger partial charge in [-0.3, -0.25) is 9.79 Å². The third-order valence-corrected chi connectivity index (χ3v) is 4.80. The predicted octanol–water partition coefficient (Wildman–Crippen LogP) is 2.27. The van der Waals surface area contributed by atoms with Gasteiger partial charge in [-0.25, -0.2) is 0 Å². The molecule has 0 spiro atoms. The molecule has 1 aromatic rings. The van der Waals surface area contributed by atoms with Gasteiger partial charge in [-0.1, -0.05) is 12.8 Å². The summed E-state index contributed by atoms with van der Waals surface area (Å²) in [5.41, 5.74) is -0.361. The first-order chi connectivity index (χ1) is 12.6. The molecule has 7 nitrogen and oxygen atoms in total. The molecule has 0 saturated heterocycles. The van der Waals surface area contributed by atoms with Crippen LogP contribution in [0, 0.1) is 5.41 Å². The molecule has 0 aromatic carbocycles. The van der Waals surface area contributed by atoms with Crippen molar-refractivity contribution in [3.63, 3.8) is 0 Å². The largest absolute Gasteiger partial charge is 0.469 e. The molecule has 8 heteroatoms. The molecule has 1 aliphatic rings. The van der Waals surface area contributed by atoms with Crippen LogP contribution >= 0.6 is 24.0 Å². The summed E-state index contributed by atoms with van der Waals surface area (Å²) in [7, 11) is 5.32. The van der Waals surface area contributed by atoms with Gasteiger partial charge in [0.15, 0.2) is 5.96 Å². The third kappa shape index (κ3) is 7.33. The summed E-state index contributed by atoms with van der Waals surface area (Å²) in [4.78, 5) is 19.1. The van der Waals surface area contributed by atoms with E-state index in [0.717, 1.165) is 37.9 Å². The lowest BCUT2D eigenvalue weighted by Gasteiger charge is -2.29. The van der Waals surface area contributed by atoms with Crippen molar-refractivity contribution in [1.29, 1.82) is 0 Å². The lowest BCUT2D eigenvalue weighted by Crippen LogP contribution is -2.44. The van der Waals surface area contributed by atoms with Gasteiger partial charge in [0.05, 0.1) is 24.8 Å². The Balaban J connectivity index is 0.00000364. The monoisotopic (exact) mass is 492 g/mol. The summed E-state index contributed by atoms with van der Waals surface area (Å²) in [6.07, 6.45) is 6.45. The van der Waals surface area contributed by atoms with E-state index >= 15 is 0 Å². The Morgan fingerprint density at radius 1 is 1.30 bits per heavy atom. The second-order valence-electron chi connectivity index (χ2n) is 7.03. The highest BCUT2D eigenvalue weighted by Gasteiger charge is 2.42. The third-order valence-electron chi connectivity index (χ3n) is 4.80. The van der Waals surface area contributed by atoms with E-state index in [-0.39, 0.29) is 35.3 Å². The molecule has 1 fully saturated rings. The second-order valence-corrected chi connectivity index (χ2v) is 7.03. The van der Waals surface area contributed by atoms with Gasteiger partial charge < -0.3 is 24.7 Å². The maximum atomic E-state index is 12.7. The molecule has 1 aromatic heterocycles. The first kappa shape index (κ1) is 23.7. The smallest absolute Gasteiger partial charge is 0.230 e. The number of guanidine groups is 1. The Labute approximate surface area is 179 Å². The molecule has 0 radical (unpaired) electrons. The number of rotatable bonds is 9. The number of nitrogens with zero attached hydrogens (tertiary/aromatic N) is 2. The minimum absolute atomic E-state index is 0. The summed E-state index contributed by atoms with van der Waals surface area (Å²) >= 11 is 0. The maximum absolute atomic E-state index is 12.7. The van der Waals surface area contributed by atoms with E-state index in [0.29, 0.717) is 32.2 Å². The fourth-order valence-corrected chi connectivity index (χ4v) is 3.40. The molecule has 154 valence electrons. The number of hydrogen-bond donors (Lipinski definition) is 2. The summed E-state index contributed by atoms with van der Waals surface area (Å²) in [6.45, 7) is 2.48. The van der Waals surface area contributed by atoms with Crippen LogP contribution in [0.3, 0.4) is 0 Å². The molecule has 0 aliphatic heterocycles. The molecule has 2 rings (SSSR count). The van der Waals surface area contributed by atoms with E-state index in [1.54, 1.807) is 18.3 Å². The molecular weight excluding hydrogens is 459 g/mol. The zero-order valence-electron chi connectivity index (χ0n) is 16.6. The van der Waals surface area contributed by atoms with Crippen molar-refractivity contribution in [3.8, 4) is 0 Å². The average Bonchev–Trinajstić information content (AvgIpc) is 3.31. The van der Waals surface area contributed by atoms with Gasteiger partial charge >= 0.3 is 0 Å². The minimum Gasteiger partial charge on any atom is -0.469 e. The maximum Gasteiger partial charge on any atom is 0.230 e. The van der Waals surface area contributed by atoms with Crippen molar-refractivity contribution in [3.05, 3.63) is 24.2 Å². The standard InChI is InChI=1S/C19H32N4O3.HI/c1-23(2)17(24)19(9-4-5-10-19)15-22-18(21-12-14-25-3)20-11-8-16-7-6-13-26-16;/h6-7,13H,4-5,8-12,14-15H2,1-3H3,(H2,20,21,22);1H. The van der Waals surface area contributed by atoms with E-state index in [4.69, 9.17) is 14.1 Å². The van der Waals surface area contributed by atoms with Crippen LogP contribution in [0.4, 0.5) is 0 Å². The van der Waals surface area contributed by atoms with E-state index in [2.05, 4.69) is 10.6 Å². The number of carbonyl (C=O) groups is 1. The molecule has 1 aliphatic carbocycles. The molecule has 1 saturated carbocycles. The second kappa shape index (κ2) is 12.2. The van der Waals surface area contributed by atoms with Crippen LogP contribution in [-0.2, 0) is 16.0 Å². The van der Waals surface area contributed by atoms with E-state index in [1.807, 2.05) is 26.2 Å². The van der Waals surface area contributed by atoms with Crippen LogP contribution in [0.15, 0.2) is 27.8 Å². The van der Waals surface area contributed by atoms with Crippen LogP contribution < -0.4 is 10.6 Å². The number of amides is 1. The molecular formula is C19H33IN4O3. The lowest BCUT2D eigenvalue weighted by molar-refractivity contribution is -0.138. The van der Waals surface area contributed by atoms with Crippen LogP contribution in [0.1, 0.15) is 31.4 Å². The molecule has 0 unspecified atom stereocenters.